The molecule has 0 aliphatic carbocycles. The molecule has 0 unspecified atom stereocenters. The van der Waals surface area contributed by atoms with Gasteiger partial charge in [0.25, 0.3) is 0 Å². The van der Waals surface area contributed by atoms with Crippen LogP contribution >= 0.6 is 0 Å². The van der Waals surface area contributed by atoms with Crippen LogP contribution in [0.5, 0.6) is 5.75 Å². The first kappa shape index (κ1) is 21.1. The Bertz CT molecular complexity index is 705. The van der Waals surface area contributed by atoms with E-state index in [0.29, 0.717) is 17.9 Å². The van der Waals surface area contributed by atoms with E-state index in [1.54, 1.807) is 24.3 Å². The second-order valence-corrected chi connectivity index (χ2v) is 5.50. The number of aliphatic carboxylic acids is 1. The average Bonchev–Trinajstić information content (AvgIpc) is 2.52. The van der Waals surface area contributed by atoms with E-state index < -0.39 is 5.97 Å². The first-order valence-corrected chi connectivity index (χ1v) is 7.50. The van der Waals surface area contributed by atoms with Crippen LogP contribution in [0.3, 0.4) is 0 Å². The van der Waals surface area contributed by atoms with Gasteiger partial charge < -0.3 is 9.84 Å². The summed E-state index contributed by atoms with van der Waals surface area (Å²) >= 11 is 0. The maximum atomic E-state index is 12.0. The first-order valence-electron chi connectivity index (χ1n) is 7.50. The monoisotopic (exact) mass is 351 g/mol. The van der Waals surface area contributed by atoms with Crippen LogP contribution in [0.1, 0.15) is 39.9 Å². The molecule has 0 aliphatic heterocycles. The molecule has 0 atom stereocenters. The van der Waals surface area contributed by atoms with Crippen LogP contribution in [-0.2, 0) is 11.4 Å². The molecule has 121 valence electrons. The van der Waals surface area contributed by atoms with Gasteiger partial charge in [0.15, 0.2) is 5.78 Å². The Morgan fingerprint density at radius 3 is 2.25 bits per heavy atom. The number of ketones is 1. The molecule has 1 radical (unpaired) electrons. The molecule has 0 saturated heterocycles. The van der Waals surface area contributed by atoms with E-state index in [1.807, 2.05) is 32.0 Å². The van der Waals surface area contributed by atoms with Crippen molar-refractivity contribution < 1.29 is 19.4 Å². The molecule has 0 aromatic heterocycles. The minimum atomic E-state index is -0.971. The van der Waals surface area contributed by atoms with Crippen LogP contribution in [0.15, 0.2) is 42.5 Å². The molecule has 2 rings (SSSR count). The number of carbonyl (C=O) groups excluding carboxylic acids is 1. The summed E-state index contributed by atoms with van der Waals surface area (Å²) < 4.78 is 5.80. The molecule has 0 saturated carbocycles. The average molecular weight is 351 g/mol. The smallest absolute Gasteiger partial charge is 0.303 e. The van der Waals surface area contributed by atoms with Crippen molar-refractivity contribution in [3.63, 3.8) is 0 Å². The van der Waals surface area contributed by atoms with Crippen molar-refractivity contribution in [2.45, 2.75) is 33.3 Å². The zero-order valence-corrected chi connectivity index (χ0v) is 17.5. The zero-order chi connectivity index (χ0) is 16.8. The number of rotatable bonds is 7. The predicted molar refractivity (Wildman–Crippen MR) is 93.6 cm³/mol. The standard InChI is InChI=1S/C19H20O4.K/c1-13-5-3-6-14(2)17(13)12-23-16-8-4-7-15(11-16)18(20)9-10-19(21)22;/h3-8,11H,9-10,12H2,1-2H3,(H,21,22);. The predicted octanol–water partition coefficient (Wildman–Crippen LogP) is 3.55. The van der Waals surface area contributed by atoms with Gasteiger partial charge in [-0.15, -0.1) is 0 Å². The summed E-state index contributed by atoms with van der Waals surface area (Å²) in [7, 11) is 0. The maximum absolute atomic E-state index is 12.0. The first-order chi connectivity index (χ1) is 11.0. The van der Waals surface area contributed by atoms with Gasteiger partial charge in [-0.05, 0) is 42.7 Å². The van der Waals surface area contributed by atoms with Gasteiger partial charge in [0, 0.05) is 63.4 Å². The zero-order valence-electron chi connectivity index (χ0n) is 14.3. The van der Waals surface area contributed by atoms with Crippen molar-refractivity contribution in [1.82, 2.24) is 0 Å². The number of carbonyl (C=O) groups is 2. The van der Waals surface area contributed by atoms with Crippen LogP contribution in [0.2, 0.25) is 0 Å². The number of carboxylic acid groups (broad SMARTS) is 1. The van der Waals surface area contributed by atoms with Gasteiger partial charge in [-0.2, -0.15) is 0 Å². The SMILES string of the molecule is Cc1cccc(C)c1COc1cccc(C(=O)CCC(=O)O)c1.[K]. The van der Waals surface area contributed by atoms with E-state index in [2.05, 4.69) is 0 Å². The fraction of sp³-hybridized carbons (Fsp3) is 0.263. The number of carboxylic acids is 1. The number of Topliss-reactive ketones (excluding diaryl/α,β-unsaturated/α-hetero) is 1. The van der Waals surface area contributed by atoms with Gasteiger partial charge in [0.1, 0.15) is 12.4 Å². The molecule has 2 aromatic carbocycles. The van der Waals surface area contributed by atoms with Gasteiger partial charge in [-0.25, -0.2) is 0 Å². The summed E-state index contributed by atoms with van der Waals surface area (Å²) in [6.07, 6.45) is -0.165. The molecule has 5 heteroatoms. The van der Waals surface area contributed by atoms with Crippen LogP contribution < -0.4 is 4.74 Å². The van der Waals surface area contributed by atoms with Gasteiger partial charge >= 0.3 is 5.97 Å². The molecule has 0 fully saturated rings. The van der Waals surface area contributed by atoms with Crippen molar-refractivity contribution in [3.05, 3.63) is 64.7 Å². The van der Waals surface area contributed by atoms with Gasteiger partial charge in [0.05, 0.1) is 6.42 Å². The van der Waals surface area contributed by atoms with Crippen molar-refractivity contribution in [3.8, 4) is 5.75 Å². The molecule has 4 nitrogen and oxygen atoms in total. The third-order valence-corrected chi connectivity index (χ3v) is 3.75. The molecule has 0 spiro atoms. The second kappa shape index (κ2) is 10.1. The molecule has 0 amide bonds. The summed E-state index contributed by atoms with van der Waals surface area (Å²) in [5.74, 6) is -0.556. The summed E-state index contributed by atoms with van der Waals surface area (Å²) in [5.41, 5.74) is 3.94. The number of aryl methyl sites for hydroxylation is 2. The summed E-state index contributed by atoms with van der Waals surface area (Å²) in [6.45, 7) is 4.51. The van der Waals surface area contributed by atoms with Gasteiger partial charge in [-0.1, -0.05) is 30.3 Å². The maximum Gasteiger partial charge on any atom is 0.303 e. The van der Waals surface area contributed by atoms with Crippen molar-refractivity contribution in [1.29, 1.82) is 0 Å². The Labute approximate surface area is 184 Å². The van der Waals surface area contributed by atoms with Crippen LogP contribution in [0, 0.1) is 13.8 Å². The Morgan fingerprint density at radius 1 is 1.00 bits per heavy atom. The Morgan fingerprint density at radius 2 is 1.62 bits per heavy atom. The van der Waals surface area contributed by atoms with E-state index in [-0.39, 0.29) is 70.0 Å². The fourth-order valence-electron chi connectivity index (χ4n) is 2.36. The molecular weight excluding hydrogens is 331 g/mol. The Hall–Kier alpha value is -0.984. The molecule has 24 heavy (non-hydrogen) atoms. The number of benzene rings is 2. The molecule has 1 N–H and O–H groups in total. The molecule has 2 aromatic rings. The van der Waals surface area contributed by atoms with E-state index in [4.69, 9.17) is 9.84 Å². The van der Waals surface area contributed by atoms with E-state index in [1.165, 1.54) is 11.1 Å². The summed E-state index contributed by atoms with van der Waals surface area (Å²) in [5, 5.41) is 8.65. The van der Waals surface area contributed by atoms with Crippen molar-refractivity contribution in [2.24, 2.45) is 0 Å². The number of hydrogen-bond donors (Lipinski definition) is 1. The summed E-state index contributed by atoms with van der Waals surface area (Å²) in [4.78, 5) is 22.5. The third kappa shape index (κ3) is 6.15. The molecular formula is C19H20KO4. The molecule has 0 heterocycles. The second-order valence-electron chi connectivity index (χ2n) is 5.50. The van der Waals surface area contributed by atoms with E-state index in [0.717, 1.165) is 5.56 Å². The van der Waals surface area contributed by atoms with E-state index >= 15 is 0 Å². The van der Waals surface area contributed by atoms with Crippen LogP contribution in [-0.4, -0.2) is 68.2 Å². The molecule has 0 bridgehead atoms. The fourth-order valence-corrected chi connectivity index (χ4v) is 2.36. The number of ether oxygens (including phenoxy) is 1. The quantitative estimate of drug-likeness (QED) is 0.612. The number of hydrogen-bond acceptors (Lipinski definition) is 3. The van der Waals surface area contributed by atoms with Crippen molar-refractivity contribution >= 4 is 63.1 Å². The normalized spacial score (nSPS) is 9.92. The largest absolute Gasteiger partial charge is 0.489 e. The van der Waals surface area contributed by atoms with Crippen molar-refractivity contribution in [2.75, 3.05) is 0 Å². The minimum absolute atomic E-state index is 0. The Balaban J connectivity index is 0.00000288. The van der Waals surface area contributed by atoms with Gasteiger partial charge in [-0.3, -0.25) is 9.59 Å². The van der Waals surface area contributed by atoms with E-state index in [9.17, 15) is 9.59 Å². The van der Waals surface area contributed by atoms with Crippen LogP contribution in [0.4, 0.5) is 0 Å². The third-order valence-electron chi connectivity index (χ3n) is 3.75. The van der Waals surface area contributed by atoms with Gasteiger partial charge in [0.2, 0.25) is 0 Å². The topological polar surface area (TPSA) is 63.6 Å². The minimum Gasteiger partial charge on any atom is -0.489 e. The van der Waals surface area contributed by atoms with Crippen LogP contribution in [0.25, 0.3) is 0 Å². The molecule has 0 aliphatic rings. The summed E-state index contributed by atoms with van der Waals surface area (Å²) in [6, 6.07) is 13.0. The Kier molecular flexibility index (Phi) is 8.87.